The normalized spacial score (nSPS) is 12.3. The summed E-state index contributed by atoms with van der Waals surface area (Å²) < 4.78 is 3.59. The van der Waals surface area contributed by atoms with Gasteiger partial charge in [-0.3, -0.25) is 9.59 Å². The maximum absolute atomic E-state index is 12.5. The second kappa shape index (κ2) is 7.95. The molecule has 0 bridgehead atoms. The van der Waals surface area contributed by atoms with Gasteiger partial charge in [-0.15, -0.1) is 0 Å². The topological polar surface area (TPSA) is 81.4 Å². The lowest BCUT2D eigenvalue weighted by Crippen LogP contribution is -2.48. The minimum absolute atomic E-state index is 0.0939. The molecule has 2 aromatic carbocycles. The molecule has 0 spiro atoms. The molecule has 25 heavy (non-hydrogen) atoms. The molecule has 3 N–H and O–H groups in total. The highest BCUT2D eigenvalue weighted by Crippen LogP contribution is 2.33. The molecule has 0 aliphatic carbocycles. The summed E-state index contributed by atoms with van der Waals surface area (Å²) in [6, 6.07) is 13.1. The molecule has 0 radical (unpaired) electrons. The van der Waals surface area contributed by atoms with Crippen molar-refractivity contribution in [1.29, 1.82) is 0 Å². The number of aryl methyl sites for hydroxylation is 1. The van der Waals surface area contributed by atoms with Crippen molar-refractivity contribution in [2.75, 3.05) is 0 Å². The number of benzene rings is 2. The molecule has 0 heterocycles. The maximum atomic E-state index is 12.5. The van der Waals surface area contributed by atoms with Crippen LogP contribution in [0.25, 0.3) is 0 Å². The molecule has 1 atom stereocenters. The summed E-state index contributed by atoms with van der Waals surface area (Å²) in [5, 5.41) is 2.52. The van der Waals surface area contributed by atoms with Gasteiger partial charge in [-0.1, -0.05) is 65.1 Å². The number of hydrogen-bond acceptors (Lipinski definition) is 3. The van der Waals surface area contributed by atoms with Crippen LogP contribution in [0.4, 0.5) is 0 Å². The number of nitrogens with two attached hydrogens (primary N) is 1. The second-order valence-electron chi connectivity index (χ2n) is 5.19. The van der Waals surface area contributed by atoms with Crippen molar-refractivity contribution in [3.8, 4) is 5.75 Å². The van der Waals surface area contributed by atoms with Gasteiger partial charge in [-0.25, -0.2) is 0 Å². The summed E-state index contributed by atoms with van der Waals surface area (Å²) in [5.74, 6) is -1.09. The standard InChI is InChI=1S/C17H15Cl3N2O3/c1-10-6-2-3-7-11(10)15(24)22-16(17(18,19)20)25-13-9-5-4-8-12(13)14(21)23/h2-9,16H,1H3,(H2,21,23)(H,22,24). The van der Waals surface area contributed by atoms with Gasteiger partial charge in [0.15, 0.2) is 0 Å². The van der Waals surface area contributed by atoms with Gasteiger partial charge < -0.3 is 15.8 Å². The van der Waals surface area contributed by atoms with E-state index in [-0.39, 0.29) is 11.3 Å². The molecule has 0 aliphatic rings. The van der Waals surface area contributed by atoms with E-state index in [0.717, 1.165) is 5.56 Å². The van der Waals surface area contributed by atoms with E-state index < -0.39 is 21.8 Å². The lowest BCUT2D eigenvalue weighted by molar-refractivity contribution is 0.0829. The monoisotopic (exact) mass is 400 g/mol. The Morgan fingerprint density at radius 1 is 1.04 bits per heavy atom. The van der Waals surface area contributed by atoms with Gasteiger partial charge in [0.25, 0.3) is 11.8 Å². The van der Waals surface area contributed by atoms with Crippen LogP contribution >= 0.6 is 34.8 Å². The van der Waals surface area contributed by atoms with Crippen LogP contribution < -0.4 is 15.8 Å². The van der Waals surface area contributed by atoms with Crippen LogP contribution in [0.15, 0.2) is 48.5 Å². The van der Waals surface area contributed by atoms with Gasteiger partial charge in [0.2, 0.25) is 10.0 Å². The number of primary amides is 1. The van der Waals surface area contributed by atoms with Crippen LogP contribution in [-0.2, 0) is 0 Å². The lowest BCUT2D eigenvalue weighted by atomic mass is 10.1. The van der Waals surface area contributed by atoms with Crippen molar-refractivity contribution in [2.45, 2.75) is 16.9 Å². The minimum atomic E-state index is -1.98. The quantitative estimate of drug-likeness (QED) is 0.593. The smallest absolute Gasteiger partial charge is 0.254 e. The summed E-state index contributed by atoms with van der Waals surface area (Å²) in [6.07, 6.45) is -1.34. The number of ether oxygens (including phenoxy) is 1. The lowest BCUT2D eigenvalue weighted by Gasteiger charge is -2.27. The Labute approximate surface area is 160 Å². The van der Waals surface area contributed by atoms with E-state index in [2.05, 4.69) is 5.32 Å². The number of nitrogens with one attached hydrogen (secondary N) is 1. The van der Waals surface area contributed by atoms with Gasteiger partial charge >= 0.3 is 0 Å². The first kappa shape index (κ1) is 19.4. The van der Waals surface area contributed by atoms with Gasteiger partial charge in [0, 0.05) is 5.56 Å². The molecule has 0 saturated carbocycles. The molecule has 2 aromatic rings. The number of hydrogen-bond donors (Lipinski definition) is 2. The fourth-order valence-corrected chi connectivity index (χ4v) is 2.40. The van der Waals surface area contributed by atoms with Crippen LogP contribution in [0, 0.1) is 6.92 Å². The number of rotatable bonds is 5. The minimum Gasteiger partial charge on any atom is -0.465 e. The fourth-order valence-electron chi connectivity index (χ4n) is 2.10. The zero-order valence-corrected chi connectivity index (χ0v) is 15.4. The molecule has 132 valence electrons. The molecule has 1 unspecified atom stereocenters. The molecule has 0 aliphatic heterocycles. The fraction of sp³-hybridized carbons (Fsp3) is 0.176. The predicted molar refractivity (Wildman–Crippen MR) is 98.3 cm³/mol. The van der Waals surface area contributed by atoms with E-state index in [1.807, 2.05) is 0 Å². The van der Waals surface area contributed by atoms with E-state index >= 15 is 0 Å². The van der Waals surface area contributed by atoms with Crippen LogP contribution in [0.5, 0.6) is 5.75 Å². The highest BCUT2D eigenvalue weighted by Gasteiger charge is 2.37. The van der Waals surface area contributed by atoms with E-state index in [1.165, 1.54) is 12.1 Å². The van der Waals surface area contributed by atoms with Crippen molar-refractivity contribution in [2.24, 2.45) is 5.73 Å². The Morgan fingerprint density at radius 2 is 1.60 bits per heavy atom. The Hall–Kier alpha value is -1.95. The summed E-state index contributed by atoms with van der Waals surface area (Å²) in [5.41, 5.74) is 6.57. The van der Waals surface area contributed by atoms with Crippen LogP contribution in [0.1, 0.15) is 26.3 Å². The third-order valence-electron chi connectivity index (χ3n) is 3.35. The van der Waals surface area contributed by atoms with Gasteiger partial charge in [0.1, 0.15) is 5.75 Å². The van der Waals surface area contributed by atoms with E-state index in [4.69, 9.17) is 45.3 Å². The van der Waals surface area contributed by atoms with Crippen LogP contribution in [0.2, 0.25) is 0 Å². The Morgan fingerprint density at radius 3 is 2.16 bits per heavy atom. The van der Waals surface area contributed by atoms with Crippen molar-refractivity contribution in [1.82, 2.24) is 5.32 Å². The first-order valence-electron chi connectivity index (χ1n) is 7.19. The van der Waals surface area contributed by atoms with Crippen LogP contribution in [-0.4, -0.2) is 21.8 Å². The van der Waals surface area contributed by atoms with E-state index in [9.17, 15) is 9.59 Å². The number of carbonyl (C=O) groups is 2. The van der Waals surface area contributed by atoms with Gasteiger partial charge in [0.05, 0.1) is 5.56 Å². The van der Waals surface area contributed by atoms with E-state index in [1.54, 1.807) is 43.3 Å². The SMILES string of the molecule is Cc1ccccc1C(=O)NC(Oc1ccccc1C(N)=O)C(Cl)(Cl)Cl. The van der Waals surface area contributed by atoms with Gasteiger partial charge in [-0.05, 0) is 30.7 Å². The van der Waals surface area contributed by atoms with Crippen molar-refractivity contribution >= 4 is 46.6 Å². The average molecular weight is 402 g/mol. The van der Waals surface area contributed by atoms with Crippen molar-refractivity contribution in [3.63, 3.8) is 0 Å². The first-order chi connectivity index (χ1) is 11.7. The Kier molecular flexibility index (Phi) is 6.16. The van der Waals surface area contributed by atoms with Crippen molar-refractivity contribution in [3.05, 3.63) is 65.2 Å². The van der Waals surface area contributed by atoms with E-state index in [0.29, 0.717) is 5.56 Å². The second-order valence-corrected chi connectivity index (χ2v) is 7.56. The first-order valence-corrected chi connectivity index (χ1v) is 8.32. The van der Waals surface area contributed by atoms with Crippen molar-refractivity contribution < 1.29 is 14.3 Å². The Balaban J connectivity index is 2.28. The molecule has 5 nitrogen and oxygen atoms in total. The van der Waals surface area contributed by atoms with Gasteiger partial charge in [-0.2, -0.15) is 0 Å². The Bertz CT molecular complexity index is 791. The number of alkyl halides is 3. The number of amides is 2. The molecule has 0 saturated heterocycles. The number of para-hydroxylation sites is 1. The molecular weight excluding hydrogens is 387 g/mol. The average Bonchev–Trinajstić information content (AvgIpc) is 2.54. The molecular formula is C17H15Cl3N2O3. The third kappa shape index (κ3) is 5.01. The predicted octanol–water partition coefficient (Wildman–Crippen LogP) is 3.60. The highest BCUT2D eigenvalue weighted by atomic mass is 35.6. The highest BCUT2D eigenvalue weighted by molar-refractivity contribution is 6.68. The molecule has 2 rings (SSSR count). The third-order valence-corrected chi connectivity index (χ3v) is 3.94. The summed E-state index contributed by atoms with van der Waals surface area (Å²) in [7, 11) is 0. The van der Waals surface area contributed by atoms with Crippen LogP contribution in [0.3, 0.4) is 0 Å². The zero-order valence-electron chi connectivity index (χ0n) is 13.1. The maximum Gasteiger partial charge on any atom is 0.254 e. The largest absolute Gasteiger partial charge is 0.465 e. The molecule has 0 fully saturated rings. The summed E-state index contributed by atoms with van der Waals surface area (Å²) in [4.78, 5) is 24.0. The molecule has 0 aromatic heterocycles. The summed E-state index contributed by atoms with van der Waals surface area (Å²) in [6.45, 7) is 1.78. The zero-order chi connectivity index (χ0) is 18.6. The summed E-state index contributed by atoms with van der Waals surface area (Å²) >= 11 is 17.8. The molecule has 8 heteroatoms. The number of carbonyl (C=O) groups excluding carboxylic acids is 2. The molecule has 2 amide bonds. The number of halogens is 3.